The Morgan fingerprint density at radius 2 is 1.14 bits per heavy atom. The molecule has 162 valence electrons. The van der Waals surface area contributed by atoms with Crippen molar-refractivity contribution < 1.29 is 8.42 Å². The molecular weight excluding hydrogens is 581 g/mol. The van der Waals surface area contributed by atoms with Gasteiger partial charge in [-0.05, 0) is 56.3 Å². The third kappa shape index (κ3) is 4.38. The van der Waals surface area contributed by atoms with Crippen molar-refractivity contribution in [3.63, 3.8) is 0 Å². The number of alkyl halides is 2. The molecule has 0 aromatic heterocycles. The molecule has 4 bridgehead atoms. The number of rotatable bonds is 5. The fourth-order valence-electron chi connectivity index (χ4n) is 5.36. The van der Waals surface area contributed by atoms with Crippen molar-refractivity contribution in [2.75, 3.05) is 0 Å². The van der Waals surface area contributed by atoms with Crippen LogP contribution in [0, 0.1) is 17.8 Å². The second kappa shape index (κ2) is 8.29. The van der Waals surface area contributed by atoms with Gasteiger partial charge in [-0.1, -0.05) is 93.0 Å². The fourth-order valence-corrected chi connectivity index (χ4v) is 14.6. The summed E-state index contributed by atoms with van der Waals surface area (Å²) < 4.78 is 24.4. The molecule has 0 atom stereocenters. The quantitative estimate of drug-likeness (QED) is 0.0849. The Hall–Kier alpha value is 1.90. The number of benzene rings is 1. The van der Waals surface area contributed by atoms with Crippen LogP contribution in [0.3, 0.4) is 0 Å². The molecule has 5 rings (SSSR count). The van der Waals surface area contributed by atoms with E-state index in [1.54, 1.807) is 0 Å². The maximum atomic E-state index is 13.5. The molecule has 12 heteroatoms. The minimum atomic E-state index is -3.66. The molecule has 4 aliphatic carbocycles. The van der Waals surface area contributed by atoms with Gasteiger partial charge in [-0.3, -0.25) is 0 Å². The van der Waals surface area contributed by atoms with Gasteiger partial charge < -0.3 is 0 Å². The van der Waals surface area contributed by atoms with Crippen molar-refractivity contribution in [2.45, 2.75) is 51.2 Å². The molecule has 0 heterocycles. The fraction of sp³-hybridized carbons (Fsp3) is 0.647. The summed E-state index contributed by atoms with van der Waals surface area (Å²) in [5.74, 6) is 1.42. The van der Waals surface area contributed by atoms with Crippen LogP contribution in [-0.4, -0.2) is 16.2 Å². The number of thioether (sulfide) groups is 1. The minimum absolute atomic E-state index is 0.00306. The monoisotopic (exact) mass is 592 g/mol. The van der Waals surface area contributed by atoms with E-state index in [2.05, 4.69) is 0 Å². The number of hydrogen-bond donors (Lipinski definition) is 0. The van der Waals surface area contributed by atoms with Crippen molar-refractivity contribution in [3.05, 3.63) is 25.1 Å². The molecule has 0 amide bonds. The first-order valence-electron chi connectivity index (χ1n) is 8.87. The van der Waals surface area contributed by atoms with Gasteiger partial charge in [0.15, 0.2) is 0 Å². The zero-order valence-corrected chi connectivity index (χ0v) is 22.4. The molecule has 0 aliphatic heterocycles. The van der Waals surface area contributed by atoms with Crippen molar-refractivity contribution >= 4 is 113 Å². The Morgan fingerprint density at radius 1 is 0.759 bits per heavy atom. The van der Waals surface area contributed by atoms with E-state index in [0.29, 0.717) is 47.8 Å². The van der Waals surface area contributed by atoms with E-state index in [1.165, 1.54) is 0 Å². The Labute approximate surface area is 213 Å². The van der Waals surface area contributed by atoms with Gasteiger partial charge in [-0.15, -0.1) is 0 Å². The second-order valence-electron chi connectivity index (χ2n) is 8.10. The van der Waals surface area contributed by atoms with Crippen LogP contribution >= 0.6 is 104 Å². The van der Waals surface area contributed by atoms with Crippen molar-refractivity contribution in [1.29, 1.82) is 0 Å². The maximum Gasteiger partial charge on any atom is 0.228 e. The van der Waals surface area contributed by atoms with E-state index in [-0.39, 0.29) is 30.0 Å². The van der Waals surface area contributed by atoms with E-state index in [0.717, 1.165) is 31.0 Å². The van der Waals surface area contributed by atoms with Crippen LogP contribution in [0.5, 0.6) is 0 Å². The molecule has 1 aromatic rings. The summed E-state index contributed by atoms with van der Waals surface area (Å²) in [6.07, 6.45) is 5.45. The molecule has 0 saturated heterocycles. The third-order valence-corrected chi connectivity index (χ3v) is 16.2. The summed E-state index contributed by atoms with van der Waals surface area (Å²) in [4.78, 5) is 0.186. The second-order valence-corrected chi connectivity index (χ2v) is 18.1. The highest BCUT2D eigenvalue weighted by Gasteiger charge is 2.59. The average Bonchev–Trinajstić information content (AvgIpc) is 2.60. The van der Waals surface area contributed by atoms with Crippen LogP contribution in [0.4, 0.5) is 0 Å². The molecule has 0 spiro atoms. The third-order valence-electron chi connectivity index (χ3n) is 6.11. The average molecular weight is 596 g/mol. The zero-order valence-electron chi connectivity index (χ0n) is 14.7. The zero-order chi connectivity index (χ0) is 21.4. The minimum Gasteiger partial charge on any atom is -0.217 e. The van der Waals surface area contributed by atoms with Crippen LogP contribution in [-0.2, 0) is 8.87 Å². The molecule has 4 fully saturated rings. The normalized spacial score (nSPS) is 31.5. The standard InChI is InChI=1S/C17H15Cl7O2S3/c18-10-11(19)13(21)15(14(22)12(10)20)27-17(23,24)28-29(25,26)16-4-7-1-8(5-16)3-9(2-7)6-16/h7-9H,1-6H2. The topological polar surface area (TPSA) is 34.1 Å². The molecule has 1 aromatic carbocycles. The first kappa shape index (κ1) is 24.0. The van der Waals surface area contributed by atoms with Crippen LogP contribution < -0.4 is 0 Å². The summed E-state index contributed by atoms with van der Waals surface area (Å²) in [6, 6.07) is 0. The molecule has 4 saturated carbocycles. The SMILES string of the molecule is O=S(=O)(SC(Cl)(Cl)Sc1c(Cl)c(Cl)c(Cl)c(Cl)c1Cl)C12CC3CC(CC(C3)C1)C2. The van der Waals surface area contributed by atoms with Gasteiger partial charge in [0.1, 0.15) is 0 Å². The van der Waals surface area contributed by atoms with Gasteiger partial charge in [0.25, 0.3) is 0 Å². The number of halogens is 7. The molecule has 4 aliphatic rings. The molecule has 0 unspecified atom stereocenters. The largest absolute Gasteiger partial charge is 0.228 e. The molecule has 0 N–H and O–H groups in total. The van der Waals surface area contributed by atoms with Crippen molar-refractivity contribution in [2.24, 2.45) is 17.8 Å². The van der Waals surface area contributed by atoms with Crippen LogP contribution in [0.25, 0.3) is 0 Å². The highest BCUT2D eigenvalue weighted by molar-refractivity contribution is 8.75. The lowest BCUT2D eigenvalue weighted by Gasteiger charge is -2.55. The van der Waals surface area contributed by atoms with Crippen LogP contribution in [0.1, 0.15) is 38.5 Å². The molecule has 29 heavy (non-hydrogen) atoms. The van der Waals surface area contributed by atoms with E-state index in [4.69, 9.17) is 81.2 Å². The predicted octanol–water partition coefficient (Wildman–Crippen LogP) is 9.17. The molecule has 2 nitrogen and oxygen atoms in total. The van der Waals surface area contributed by atoms with Gasteiger partial charge in [-0.2, -0.15) is 0 Å². The van der Waals surface area contributed by atoms with E-state index >= 15 is 0 Å². The van der Waals surface area contributed by atoms with Gasteiger partial charge in [0.2, 0.25) is 11.9 Å². The summed E-state index contributed by atoms with van der Waals surface area (Å²) in [7, 11) is -3.11. The summed E-state index contributed by atoms with van der Waals surface area (Å²) >= 11 is 44.4. The summed E-state index contributed by atoms with van der Waals surface area (Å²) in [6.45, 7) is 0. The highest BCUT2D eigenvalue weighted by atomic mass is 35.5. The van der Waals surface area contributed by atoms with Gasteiger partial charge in [0, 0.05) is 10.8 Å². The molecular formula is C17H15Cl7O2S3. The van der Waals surface area contributed by atoms with E-state index in [9.17, 15) is 8.42 Å². The molecule has 0 radical (unpaired) electrons. The Kier molecular flexibility index (Phi) is 6.87. The lowest BCUT2D eigenvalue weighted by molar-refractivity contribution is 0.0349. The maximum absolute atomic E-state index is 13.5. The Bertz CT molecular complexity index is 900. The summed E-state index contributed by atoms with van der Waals surface area (Å²) in [5.41, 5.74) is 0. The van der Waals surface area contributed by atoms with Gasteiger partial charge >= 0.3 is 0 Å². The smallest absolute Gasteiger partial charge is 0.217 e. The Balaban J connectivity index is 1.61. The highest BCUT2D eigenvalue weighted by Crippen LogP contribution is 2.64. The first-order chi connectivity index (χ1) is 13.3. The lowest BCUT2D eigenvalue weighted by Crippen LogP contribution is -2.54. The Morgan fingerprint density at radius 3 is 1.55 bits per heavy atom. The van der Waals surface area contributed by atoms with Gasteiger partial charge in [-0.25, -0.2) is 8.42 Å². The van der Waals surface area contributed by atoms with E-state index in [1.807, 2.05) is 0 Å². The van der Waals surface area contributed by atoms with Crippen molar-refractivity contribution in [1.82, 2.24) is 0 Å². The summed E-state index contributed by atoms with van der Waals surface area (Å²) in [5, 5.41) is 0.0620. The van der Waals surface area contributed by atoms with Crippen LogP contribution in [0.2, 0.25) is 25.1 Å². The predicted molar refractivity (Wildman–Crippen MR) is 129 cm³/mol. The lowest BCUT2D eigenvalue weighted by atomic mass is 9.56. The van der Waals surface area contributed by atoms with Gasteiger partial charge in [0.05, 0.1) is 34.8 Å². The van der Waals surface area contributed by atoms with E-state index < -0.39 is 16.6 Å². The van der Waals surface area contributed by atoms with Crippen molar-refractivity contribution in [3.8, 4) is 0 Å². The van der Waals surface area contributed by atoms with Crippen LogP contribution in [0.15, 0.2) is 4.90 Å². The first-order valence-corrected chi connectivity index (χ1v) is 15.2. The number of hydrogen-bond acceptors (Lipinski definition) is 4.